The molecule has 32 heavy (non-hydrogen) atoms. The van der Waals surface area contributed by atoms with Crippen LogP contribution in [0.3, 0.4) is 0 Å². The van der Waals surface area contributed by atoms with Crippen molar-refractivity contribution < 1.29 is 8.42 Å². The van der Waals surface area contributed by atoms with Crippen LogP contribution in [0.5, 0.6) is 0 Å². The number of piperazine rings is 1. The number of nitrogen functional groups attached to an aromatic ring is 1. The molecular formula is C19H19ClN8O2S2. The van der Waals surface area contributed by atoms with Gasteiger partial charge in [0.2, 0.25) is 16.0 Å². The standard InChI is InChI=1S/C19H19ClN8O2S2/c1-27-4-6-28(7-5-27)32(29,30)14-9-12(20)8-13(10-14)24-19-23-3-2-15(25-19)17-16(11-21)31-18(22)26-17/h2-3,8-10H,4-7H2,1H3,(H2,22,26)(H,23,24,25). The van der Waals surface area contributed by atoms with E-state index in [1.807, 2.05) is 7.05 Å². The summed E-state index contributed by atoms with van der Waals surface area (Å²) in [6.45, 7) is 2.16. The maximum atomic E-state index is 13.1. The van der Waals surface area contributed by atoms with Gasteiger partial charge in [0.25, 0.3) is 0 Å². The van der Waals surface area contributed by atoms with Crippen LogP contribution < -0.4 is 11.1 Å². The number of sulfonamides is 1. The van der Waals surface area contributed by atoms with E-state index in [1.165, 1.54) is 22.6 Å². The van der Waals surface area contributed by atoms with Gasteiger partial charge in [0.05, 0.1) is 10.6 Å². The van der Waals surface area contributed by atoms with Crippen LogP contribution in [0.4, 0.5) is 16.8 Å². The highest BCUT2D eigenvalue weighted by Crippen LogP contribution is 2.30. The zero-order valence-electron chi connectivity index (χ0n) is 17.0. The first kappa shape index (κ1) is 22.4. The molecule has 4 rings (SSSR count). The molecule has 3 aromatic rings. The Labute approximate surface area is 194 Å². The molecule has 0 aliphatic carbocycles. The van der Waals surface area contributed by atoms with E-state index in [0.29, 0.717) is 48.1 Å². The van der Waals surface area contributed by atoms with Crippen LogP contribution in [0, 0.1) is 11.3 Å². The monoisotopic (exact) mass is 490 g/mol. The van der Waals surface area contributed by atoms with Gasteiger partial charge in [-0.25, -0.2) is 23.4 Å². The highest BCUT2D eigenvalue weighted by molar-refractivity contribution is 7.89. The van der Waals surface area contributed by atoms with E-state index in [-0.39, 0.29) is 21.0 Å². The fourth-order valence-electron chi connectivity index (χ4n) is 3.23. The lowest BCUT2D eigenvalue weighted by atomic mass is 10.2. The van der Waals surface area contributed by atoms with Crippen LogP contribution in [-0.4, -0.2) is 65.8 Å². The number of rotatable bonds is 5. The van der Waals surface area contributed by atoms with Crippen LogP contribution >= 0.6 is 22.9 Å². The minimum atomic E-state index is -3.70. The van der Waals surface area contributed by atoms with Gasteiger partial charge in [0, 0.05) is 43.1 Å². The Bertz CT molecular complexity index is 1300. The second-order valence-electron chi connectivity index (χ2n) is 7.12. The molecule has 0 bridgehead atoms. The van der Waals surface area contributed by atoms with Crippen LogP contribution in [0.2, 0.25) is 5.02 Å². The third kappa shape index (κ3) is 4.67. The van der Waals surface area contributed by atoms with E-state index < -0.39 is 10.0 Å². The average molecular weight is 491 g/mol. The number of aromatic nitrogens is 3. The molecule has 1 saturated heterocycles. The van der Waals surface area contributed by atoms with Crippen LogP contribution in [0.15, 0.2) is 35.4 Å². The Morgan fingerprint density at radius 1 is 1.22 bits per heavy atom. The molecule has 0 spiro atoms. The first-order chi connectivity index (χ1) is 15.3. The summed E-state index contributed by atoms with van der Waals surface area (Å²) in [7, 11) is -1.74. The smallest absolute Gasteiger partial charge is 0.243 e. The fourth-order valence-corrected chi connectivity index (χ4v) is 5.66. The van der Waals surface area contributed by atoms with Gasteiger partial charge in [-0.05, 0) is 31.3 Å². The van der Waals surface area contributed by atoms with Gasteiger partial charge in [-0.15, -0.1) is 0 Å². The van der Waals surface area contributed by atoms with Crippen molar-refractivity contribution in [3.05, 3.63) is 40.4 Å². The number of thiazole rings is 1. The molecule has 1 fully saturated rings. The predicted molar refractivity (Wildman–Crippen MR) is 123 cm³/mol. The molecular weight excluding hydrogens is 472 g/mol. The molecule has 0 amide bonds. The molecule has 166 valence electrons. The number of anilines is 3. The van der Waals surface area contributed by atoms with Crippen molar-refractivity contribution >= 4 is 49.7 Å². The van der Waals surface area contributed by atoms with Crippen LogP contribution in [0.25, 0.3) is 11.4 Å². The van der Waals surface area contributed by atoms with Gasteiger partial charge in [0.1, 0.15) is 16.6 Å². The topological polar surface area (TPSA) is 141 Å². The number of nitriles is 1. The number of nitrogens with one attached hydrogen (secondary N) is 1. The maximum absolute atomic E-state index is 13.1. The molecule has 13 heteroatoms. The molecule has 0 radical (unpaired) electrons. The minimum absolute atomic E-state index is 0.0900. The lowest BCUT2D eigenvalue weighted by Crippen LogP contribution is -2.47. The number of likely N-dealkylation sites (N-methyl/N-ethyl adjacent to an activating group) is 1. The SMILES string of the molecule is CN1CCN(S(=O)(=O)c2cc(Cl)cc(Nc3nccc(-c4nc(N)sc4C#N)n3)c2)CC1. The van der Waals surface area contributed by atoms with E-state index in [4.69, 9.17) is 17.3 Å². The molecule has 10 nitrogen and oxygen atoms in total. The average Bonchev–Trinajstić information content (AvgIpc) is 3.15. The number of benzene rings is 1. The maximum Gasteiger partial charge on any atom is 0.243 e. The quantitative estimate of drug-likeness (QED) is 0.551. The summed E-state index contributed by atoms with van der Waals surface area (Å²) in [6, 6.07) is 8.17. The molecule has 0 unspecified atom stereocenters. The Hall–Kier alpha value is -2.82. The zero-order valence-corrected chi connectivity index (χ0v) is 19.4. The third-order valence-corrected chi connectivity index (χ3v) is 7.75. The molecule has 1 aliphatic rings. The van der Waals surface area contributed by atoms with Gasteiger partial charge in [-0.1, -0.05) is 22.9 Å². The normalized spacial score (nSPS) is 15.4. The molecule has 1 aromatic carbocycles. The minimum Gasteiger partial charge on any atom is -0.375 e. The predicted octanol–water partition coefficient (Wildman–Crippen LogP) is 2.39. The van der Waals surface area contributed by atoms with Crippen molar-refractivity contribution in [2.75, 3.05) is 44.3 Å². The lowest BCUT2D eigenvalue weighted by molar-refractivity contribution is 0.222. The Kier molecular flexibility index (Phi) is 6.27. The molecule has 2 aromatic heterocycles. The van der Waals surface area contributed by atoms with Crippen molar-refractivity contribution in [3.63, 3.8) is 0 Å². The second-order valence-corrected chi connectivity index (χ2v) is 10.5. The van der Waals surface area contributed by atoms with Crippen molar-refractivity contribution in [1.82, 2.24) is 24.2 Å². The molecule has 3 N–H and O–H groups in total. The summed E-state index contributed by atoms with van der Waals surface area (Å²) in [4.78, 5) is 15.2. The van der Waals surface area contributed by atoms with E-state index in [0.717, 1.165) is 11.3 Å². The van der Waals surface area contributed by atoms with E-state index in [9.17, 15) is 13.7 Å². The van der Waals surface area contributed by atoms with E-state index in [2.05, 4.69) is 31.2 Å². The molecule has 0 atom stereocenters. The largest absolute Gasteiger partial charge is 0.375 e. The van der Waals surface area contributed by atoms with Crippen molar-refractivity contribution in [3.8, 4) is 17.5 Å². The van der Waals surface area contributed by atoms with E-state index >= 15 is 0 Å². The highest BCUT2D eigenvalue weighted by atomic mass is 35.5. The number of hydrogen-bond acceptors (Lipinski definition) is 10. The second kappa shape index (κ2) is 8.97. The summed E-state index contributed by atoms with van der Waals surface area (Å²) in [5.41, 5.74) is 6.92. The fraction of sp³-hybridized carbons (Fsp3) is 0.263. The molecule has 0 saturated carbocycles. The number of nitrogens with two attached hydrogens (primary N) is 1. The summed E-state index contributed by atoms with van der Waals surface area (Å²) >= 11 is 7.30. The van der Waals surface area contributed by atoms with Crippen LogP contribution in [-0.2, 0) is 10.0 Å². The van der Waals surface area contributed by atoms with E-state index in [1.54, 1.807) is 12.1 Å². The third-order valence-electron chi connectivity index (χ3n) is 4.87. The van der Waals surface area contributed by atoms with Gasteiger partial charge in [-0.2, -0.15) is 9.57 Å². The number of halogens is 1. The number of hydrogen-bond donors (Lipinski definition) is 2. The zero-order chi connectivity index (χ0) is 22.9. The van der Waals surface area contributed by atoms with Gasteiger partial charge < -0.3 is 16.0 Å². The van der Waals surface area contributed by atoms with Gasteiger partial charge in [-0.3, -0.25) is 0 Å². The Balaban J connectivity index is 1.62. The van der Waals surface area contributed by atoms with Crippen molar-refractivity contribution in [2.45, 2.75) is 4.90 Å². The number of nitrogens with zero attached hydrogens (tertiary/aromatic N) is 6. The van der Waals surface area contributed by atoms with Crippen molar-refractivity contribution in [2.24, 2.45) is 0 Å². The summed E-state index contributed by atoms with van der Waals surface area (Å²) in [5, 5.41) is 12.8. The highest BCUT2D eigenvalue weighted by Gasteiger charge is 2.28. The van der Waals surface area contributed by atoms with Gasteiger partial charge in [0.15, 0.2) is 5.13 Å². The Morgan fingerprint density at radius 3 is 2.69 bits per heavy atom. The first-order valence-corrected chi connectivity index (χ1v) is 12.2. The molecule has 1 aliphatic heterocycles. The first-order valence-electron chi connectivity index (χ1n) is 9.52. The Morgan fingerprint density at radius 2 is 1.97 bits per heavy atom. The van der Waals surface area contributed by atoms with Gasteiger partial charge >= 0.3 is 0 Å². The lowest BCUT2D eigenvalue weighted by Gasteiger charge is -2.31. The summed E-state index contributed by atoms with van der Waals surface area (Å²) in [6.07, 6.45) is 1.51. The molecule has 3 heterocycles. The summed E-state index contributed by atoms with van der Waals surface area (Å²) < 4.78 is 27.7. The van der Waals surface area contributed by atoms with Crippen LogP contribution in [0.1, 0.15) is 4.88 Å². The summed E-state index contributed by atoms with van der Waals surface area (Å²) in [5.74, 6) is 0.197. The van der Waals surface area contributed by atoms with Crippen molar-refractivity contribution in [1.29, 1.82) is 5.26 Å².